The molecule has 0 radical (unpaired) electrons. The van der Waals surface area contributed by atoms with Crippen molar-refractivity contribution < 1.29 is 14.3 Å². The molecule has 0 fully saturated rings. The molecule has 7 heteroatoms. The molecule has 0 aliphatic heterocycles. The van der Waals surface area contributed by atoms with Crippen LogP contribution in [0.15, 0.2) is 35.7 Å². The minimum absolute atomic E-state index is 0.101. The van der Waals surface area contributed by atoms with Gasteiger partial charge in [-0.15, -0.1) is 11.3 Å². The Bertz CT molecular complexity index is 658. The van der Waals surface area contributed by atoms with Gasteiger partial charge in [0.1, 0.15) is 0 Å². The molecule has 0 spiro atoms. The van der Waals surface area contributed by atoms with Crippen molar-refractivity contribution in [2.75, 3.05) is 11.9 Å². The molecule has 0 saturated carbocycles. The molecule has 6 nitrogen and oxygen atoms in total. The van der Waals surface area contributed by atoms with Crippen LogP contribution in [0.3, 0.4) is 0 Å². The number of benzene rings is 1. The zero-order valence-electron chi connectivity index (χ0n) is 12.8. The van der Waals surface area contributed by atoms with E-state index in [1.54, 1.807) is 12.3 Å². The minimum atomic E-state index is -0.366. The van der Waals surface area contributed by atoms with Gasteiger partial charge in [0, 0.05) is 17.8 Å². The van der Waals surface area contributed by atoms with Gasteiger partial charge in [0.05, 0.1) is 18.7 Å². The molecule has 0 bridgehead atoms. The van der Waals surface area contributed by atoms with Crippen molar-refractivity contribution in [2.45, 2.75) is 25.8 Å². The molecule has 2 aromatic rings. The second-order valence-electron chi connectivity index (χ2n) is 4.90. The minimum Gasteiger partial charge on any atom is -0.466 e. The van der Waals surface area contributed by atoms with E-state index in [-0.39, 0.29) is 30.8 Å². The molecule has 23 heavy (non-hydrogen) atoms. The van der Waals surface area contributed by atoms with Gasteiger partial charge < -0.3 is 15.8 Å². The highest BCUT2D eigenvalue weighted by molar-refractivity contribution is 7.13. The SMILES string of the molecule is CCOC(=O)Cc1csc(NC(=O)CC(N)c2ccccc2)n1. The summed E-state index contributed by atoms with van der Waals surface area (Å²) < 4.78 is 4.86. The summed E-state index contributed by atoms with van der Waals surface area (Å²) in [7, 11) is 0. The highest BCUT2D eigenvalue weighted by Gasteiger charge is 2.14. The monoisotopic (exact) mass is 333 g/mol. The molecule has 0 aliphatic rings. The quantitative estimate of drug-likeness (QED) is 0.758. The Balaban J connectivity index is 1.86. The van der Waals surface area contributed by atoms with Crippen molar-refractivity contribution >= 4 is 28.3 Å². The van der Waals surface area contributed by atoms with Crippen molar-refractivity contribution in [1.29, 1.82) is 0 Å². The Kier molecular flexibility index (Phi) is 6.25. The summed E-state index contributed by atoms with van der Waals surface area (Å²) in [5, 5.41) is 4.88. The standard InChI is InChI=1S/C16H19N3O3S/c1-2-22-15(21)8-12-10-23-16(18-12)19-14(20)9-13(17)11-6-4-3-5-7-11/h3-7,10,13H,2,8-9,17H2,1H3,(H,18,19,20). The van der Waals surface area contributed by atoms with Gasteiger partial charge in [-0.3, -0.25) is 9.59 Å². The Labute approximate surface area is 138 Å². The lowest BCUT2D eigenvalue weighted by Gasteiger charge is -2.10. The first-order valence-corrected chi connectivity index (χ1v) is 8.17. The Morgan fingerprint density at radius 3 is 2.78 bits per heavy atom. The number of nitrogens with one attached hydrogen (secondary N) is 1. The first kappa shape index (κ1) is 17.1. The van der Waals surface area contributed by atoms with Gasteiger partial charge in [0.2, 0.25) is 5.91 Å². The lowest BCUT2D eigenvalue weighted by Crippen LogP contribution is -2.20. The van der Waals surface area contributed by atoms with Crippen molar-refractivity contribution in [3.63, 3.8) is 0 Å². The fourth-order valence-corrected chi connectivity index (χ4v) is 2.72. The van der Waals surface area contributed by atoms with E-state index in [1.807, 2.05) is 30.3 Å². The van der Waals surface area contributed by atoms with E-state index in [9.17, 15) is 9.59 Å². The zero-order chi connectivity index (χ0) is 16.7. The largest absolute Gasteiger partial charge is 0.466 e. The van der Waals surface area contributed by atoms with E-state index >= 15 is 0 Å². The van der Waals surface area contributed by atoms with E-state index in [4.69, 9.17) is 10.5 Å². The maximum absolute atomic E-state index is 12.0. The molecular formula is C16H19N3O3S. The van der Waals surface area contributed by atoms with Crippen LogP contribution in [0.1, 0.15) is 30.6 Å². The molecule has 1 atom stereocenters. The highest BCUT2D eigenvalue weighted by Crippen LogP contribution is 2.18. The number of rotatable bonds is 7. The molecule has 122 valence electrons. The van der Waals surface area contributed by atoms with Crippen LogP contribution in [0.5, 0.6) is 0 Å². The van der Waals surface area contributed by atoms with Crippen LogP contribution in [0.25, 0.3) is 0 Å². The Hall–Kier alpha value is -2.25. The van der Waals surface area contributed by atoms with Crippen LogP contribution in [-0.2, 0) is 20.7 Å². The number of hydrogen-bond donors (Lipinski definition) is 2. The van der Waals surface area contributed by atoms with Gasteiger partial charge in [0.25, 0.3) is 0 Å². The Morgan fingerprint density at radius 1 is 1.35 bits per heavy atom. The topological polar surface area (TPSA) is 94.3 Å². The number of thiazole rings is 1. The maximum Gasteiger partial charge on any atom is 0.311 e. The lowest BCUT2D eigenvalue weighted by molar-refractivity contribution is -0.142. The number of ether oxygens (including phenoxy) is 1. The predicted octanol–water partition coefficient (Wildman–Crippen LogP) is 2.28. The highest BCUT2D eigenvalue weighted by atomic mass is 32.1. The summed E-state index contributed by atoms with van der Waals surface area (Å²) in [6.45, 7) is 2.09. The molecule has 3 N–H and O–H groups in total. The van der Waals surface area contributed by atoms with Crippen molar-refractivity contribution in [3.8, 4) is 0 Å². The van der Waals surface area contributed by atoms with Crippen LogP contribution in [0.2, 0.25) is 0 Å². The second kappa shape index (κ2) is 8.40. The summed E-state index contributed by atoms with van der Waals surface area (Å²) in [5.74, 6) is -0.542. The molecule has 1 heterocycles. The van der Waals surface area contributed by atoms with Gasteiger partial charge in [0.15, 0.2) is 5.13 Å². The van der Waals surface area contributed by atoms with E-state index < -0.39 is 0 Å². The fraction of sp³-hybridized carbons (Fsp3) is 0.312. The van der Waals surface area contributed by atoms with Crippen LogP contribution in [0, 0.1) is 0 Å². The van der Waals surface area contributed by atoms with E-state index in [0.29, 0.717) is 17.4 Å². The molecule has 1 aromatic carbocycles. The molecular weight excluding hydrogens is 314 g/mol. The number of nitrogens with two attached hydrogens (primary N) is 1. The average molecular weight is 333 g/mol. The maximum atomic E-state index is 12.0. The fourth-order valence-electron chi connectivity index (χ4n) is 1.99. The third kappa shape index (κ3) is 5.46. The lowest BCUT2D eigenvalue weighted by atomic mass is 10.0. The summed E-state index contributed by atoms with van der Waals surface area (Å²) in [6.07, 6.45) is 0.264. The van der Waals surface area contributed by atoms with Gasteiger partial charge in [-0.2, -0.15) is 0 Å². The van der Waals surface area contributed by atoms with Crippen molar-refractivity contribution in [1.82, 2.24) is 4.98 Å². The number of carbonyl (C=O) groups excluding carboxylic acids is 2. The summed E-state index contributed by atoms with van der Waals surface area (Å²) in [6, 6.07) is 9.08. The molecule has 0 saturated heterocycles. The first-order valence-electron chi connectivity index (χ1n) is 7.29. The van der Waals surface area contributed by atoms with E-state index in [0.717, 1.165) is 5.56 Å². The number of aromatic nitrogens is 1. The molecule has 1 aromatic heterocycles. The van der Waals surface area contributed by atoms with E-state index in [1.165, 1.54) is 11.3 Å². The summed E-state index contributed by atoms with van der Waals surface area (Å²) in [5.41, 5.74) is 7.50. The van der Waals surface area contributed by atoms with Crippen LogP contribution in [0.4, 0.5) is 5.13 Å². The predicted molar refractivity (Wildman–Crippen MR) is 89.1 cm³/mol. The summed E-state index contributed by atoms with van der Waals surface area (Å²) in [4.78, 5) is 27.6. The van der Waals surface area contributed by atoms with Crippen LogP contribution >= 0.6 is 11.3 Å². The number of esters is 1. The average Bonchev–Trinajstić information content (AvgIpc) is 2.95. The van der Waals surface area contributed by atoms with Crippen molar-refractivity contribution in [2.24, 2.45) is 5.73 Å². The van der Waals surface area contributed by atoms with Crippen LogP contribution in [-0.4, -0.2) is 23.5 Å². The molecule has 2 rings (SSSR count). The van der Waals surface area contributed by atoms with E-state index in [2.05, 4.69) is 10.3 Å². The zero-order valence-corrected chi connectivity index (χ0v) is 13.6. The number of carbonyl (C=O) groups is 2. The number of nitrogens with zero attached hydrogens (tertiary/aromatic N) is 1. The second-order valence-corrected chi connectivity index (χ2v) is 5.75. The van der Waals surface area contributed by atoms with Crippen molar-refractivity contribution in [3.05, 3.63) is 47.0 Å². The molecule has 1 unspecified atom stereocenters. The Morgan fingerprint density at radius 2 is 2.09 bits per heavy atom. The summed E-state index contributed by atoms with van der Waals surface area (Å²) >= 11 is 1.27. The molecule has 1 amide bonds. The van der Waals surface area contributed by atoms with Gasteiger partial charge in [-0.1, -0.05) is 30.3 Å². The normalized spacial score (nSPS) is 11.7. The number of hydrogen-bond acceptors (Lipinski definition) is 6. The number of amides is 1. The third-order valence-electron chi connectivity index (χ3n) is 3.06. The van der Waals surface area contributed by atoms with Gasteiger partial charge in [-0.25, -0.2) is 4.98 Å². The smallest absolute Gasteiger partial charge is 0.311 e. The van der Waals surface area contributed by atoms with Gasteiger partial charge in [-0.05, 0) is 12.5 Å². The van der Waals surface area contributed by atoms with Gasteiger partial charge >= 0.3 is 5.97 Å². The molecule has 0 aliphatic carbocycles. The van der Waals surface area contributed by atoms with Crippen LogP contribution < -0.4 is 11.1 Å². The third-order valence-corrected chi connectivity index (χ3v) is 3.87. The first-order chi connectivity index (χ1) is 11.1. The number of anilines is 1.